The van der Waals surface area contributed by atoms with Crippen LogP contribution in [0.4, 0.5) is 0 Å². The van der Waals surface area contributed by atoms with Gasteiger partial charge in [-0.05, 0) is 50.2 Å². The van der Waals surface area contributed by atoms with Crippen LogP contribution in [0.1, 0.15) is 27.9 Å². The first kappa shape index (κ1) is 13.5. The molecule has 1 fully saturated rings. The zero-order valence-corrected chi connectivity index (χ0v) is 12.8. The average molecular weight is 311 g/mol. The van der Waals surface area contributed by atoms with E-state index in [2.05, 4.69) is 4.90 Å². The lowest BCUT2D eigenvalue weighted by Crippen LogP contribution is -2.74. The van der Waals surface area contributed by atoms with Crippen molar-refractivity contribution >= 4 is 12.1 Å². The fraction of sp³-hybridized carbons (Fsp3) is 0.444. The van der Waals surface area contributed by atoms with E-state index in [0.717, 1.165) is 24.0 Å². The summed E-state index contributed by atoms with van der Waals surface area (Å²) in [6.07, 6.45) is 4.48. The molecule has 2 bridgehead atoms. The van der Waals surface area contributed by atoms with Gasteiger partial charge >= 0.3 is 0 Å². The van der Waals surface area contributed by atoms with Crippen LogP contribution in [0.2, 0.25) is 0 Å². The number of nitrogens with zero attached hydrogens (tertiary/aromatic N) is 1. The van der Waals surface area contributed by atoms with Gasteiger partial charge in [-0.2, -0.15) is 0 Å². The van der Waals surface area contributed by atoms with Gasteiger partial charge in [-0.1, -0.05) is 6.07 Å². The molecule has 1 aromatic carbocycles. The van der Waals surface area contributed by atoms with Gasteiger partial charge < -0.3 is 9.84 Å². The van der Waals surface area contributed by atoms with E-state index in [9.17, 15) is 14.7 Å². The quantitative estimate of drug-likeness (QED) is 0.771. The lowest BCUT2D eigenvalue weighted by molar-refractivity contribution is -0.151. The molecule has 2 aliphatic carbocycles. The van der Waals surface area contributed by atoms with Gasteiger partial charge in [0.1, 0.15) is 11.4 Å². The third-order valence-corrected chi connectivity index (χ3v) is 6.32. The number of benzene rings is 1. The van der Waals surface area contributed by atoms with Crippen molar-refractivity contribution in [2.75, 3.05) is 13.6 Å². The molecule has 0 saturated carbocycles. The van der Waals surface area contributed by atoms with Crippen molar-refractivity contribution in [3.8, 4) is 5.75 Å². The Morgan fingerprint density at radius 3 is 3.04 bits per heavy atom. The van der Waals surface area contributed by atoms with Gasteiger partial charge in [-0.3, -0.25) is 14.5 Å². The maximum Gasteiger partial charge on any atom is 0.196 e. The van der Waals surface area contributed by atoms with Crippen LogP contribution in [0, 0.1) is 0 Å². The fourth-order valence-electron chi connectivity index (χ4n) is 5.25. The maximum atomic E-state index is 12.5. The Labute approximate surface area is 133 Å². The summed E-state index contributed by atoms with van der Waals surface area (Å²) in [4.78, 5) is 26.1. The van der Waals surface area contributed by atoms with Crippen LogP contribution >= 0.6 is 0 Å². The normalized spacial score (nSPS) is 39.8. The number of carbonyl (C=O) groups excluding carboxylic acids is 2. The standard InChI is InChI=1S/C18H17NO4/c1-19-7-6-17-14-10-2-3-11(9-20)15(14)23-16(17)12(21)4-5-18(17,22)13(19)8-10/h2-5,9,13,16,22H,6-8H2,1H3/t13-,16+,17+,18-/m1/s1. The number of likely N-dealkylation sites (tertiary alicyclic amines) is 1. The zero-order chi connectivity index (χ0) is 16.0. The summed E-state index contributed by atoms with van der Waals surface area (Å²) in [5.41, 5.74) is 0.519. The lowest BCUT2D eigenvalue weighted by Gasteiger charge is -2.60. The summed E-state index contributed by atoms with van der Waals surface area (Å²) >= 11 is 0. The third-order valence-electron chi connectivity index (χ3n) is 6.32. The molecule has 2 aliphatic heterocycles. The lowest BCUT2D eigenvalue weighted by atomic mass is 9.51. The second-order valence-corrected chi connectivity index (χ2v) is 7.12. The highest BCUT2D eigenvalue weighted by atomic mass is 16.5. The Hall–Kier alpha value is -1.98. The zero-order valence-electron chi connectivity index (χ0n) is 12.8. The van der Waals surface area contributed by atoms with Crippen molar-refractivity contribution < 1.29 is 19.4 Å². The number of ketones is 1. The summed E-state index contributed by atoms with van der Waals surface area (Å²) in [6.45, 7) is 0.790. The van der Waals surface area contributed by atoms with Crippen LogP contribution in [0.25, 0.3) is 0 Å². The molecule has 1 saturated heterocycles. The fourth-order valence-corrected chi connectivity index (χ4v) is 5.25. The number of likely N-dealkylation sites (N-methyl/N-ethyl adjacent to an activating group) is 1. The monoisotopic (exact) mass is 311 g/mol. The minimum atomic E-state index is -1.14. The van der Waals surface area contributed by atoms with Crippen LogP contribution in [0.3, 0.4) is 0 Å². The molecule has 0 radical (unpaired) electrons. The molecule has 0 aromatic heterocycles. The topological polar surface area (TPSA) is 66.8 Å². The number of hydrogen-bond donors (Lipinski definition) is 1. The van der Waals surface area contributed by atoms with E-state index in [0.29, 0.717) is 24.2 Å². The SMILES string of the molecule is CN1CC[C@]23c4c5ccc(C=O)c4O[C@H]2C(=O)C=C[C@@]3(O)[C@H]1C5. The average Bonchev–Trinajstić information content (AvgIpc) is 2.90. The van der Waals surface area contributed by atoms with Crippen molar-refractivity contribution in [1.82, 2.24) is 4.90 Å². The van der Waals surface area contributed by atoms with E-state index in [-0.39, 0.29) is 11.8 Å². The van der Waals surface area contributed by atoms with E-state index in [1.807, 2.05) is 13.1 Å². The Morgan fingerprint density at radius 2 is 2.26 bits per heavy atom. The molecule has 1 aromatic rings. The first-order chi connectivity index (χ1) is 11.0. The van der Waals surface area contributed by atoms with E-state index in [1.165, 1.54) is 6.08 Å². The molecule has 5 heteroatoms. The van der Waals surface area contributed by atoms with E-state index >= 15 is 0 Å². The summed E-state index contributed by atoms with van der Waals surface area (Å²) in [5.74, 6) is 0.375. The highest BCUT2D eigenvalue weighted by Gasteiger charge is 2.71. The molecule has 4 atom stereocenters. The summed E-state index contributed by atoms with van der Waals surface area (Å²) in [7, 11) is 2.01. The van der Waals surface area contributed by atoms with E-state index in [4.69, 9.17) is 4.74 Å². The molecule has 4 aliphatic rings. The second-order valence-electron chi connectivity index (χ2n) is 7.12. The molecular formula is C18H17NO4. The van der Waals surface area contributed by atoms with Crippen molar-refractivity contribution in [3.63, 3.8) is 0 Å². The molecule has 0 amide bonds. The van der Waals surface area contributed by atoms with Crippen LogP contribution in [0.5, 0.6) is 5.75 Å². The Morgan fingerprint density at radius 1 is 1.43 bits per heavy atom. The molecule has 5 rings (SSSR count). The third kappa shape index (κ3) is 1.25. The predicted molar refractivity (Wildman–Crippen MR) is 81.8 cm³/mol. The molecular weight excluding hydrogens is 294 g/mol. The number of hydrogen-bond acceptors (Lipinski definition) is 5. The van der Waals surface area contributed by atoms with Crippen LogP contribution in [0.15, 0.2) is 24.3 Å². The summed E-state index contributed by atoms with van der Waals surface area (Å²) in [6, 6.07) is 3.62. The Kier molecular flexibility index (Phi) is 2.29. The largest absolute Gasteiger partial charge is 0.480 e. The van der Waals surface area contributed by atoms with Crippen LogP contribution < -0.4 is 4.74 Å². The molecule has 2 heterocycles. The Bertz CT molecular complexity index is 800. The number of aldehydes is 1. The van der Waals surface area contributed by atoms with Crippen LogP contribution in [-0.2, 0) is 16.6 Å². The van der Waals surface area contributed by atoms with Gasteiger partial charge in [0.2, 0.25) is 0 Å². The number of rotatable bonds is 1. The second kappa shape index (κ2) is 3.91. The van der Waals surface area contributed by atoms with Gasteiger partial charge in [0.05, 0.1) is 11.0 Å². The summed E-state index contributed by atoms with van der Waals surface area (Å²) < 4.78 is 6.00. The number of aliphatic hydroxyl groups is 1. The predicted octanol–water partition coefficient (Wildman–Crippen LogP) is 0.628. The van der Waals surface area contributed by atoms with Gasteiger partial charge in [0.25, 0.3) is 0 Å². The van der Waals surface area contributed by atoms with Crippen molar-refractivity contribution in [2.24, 2.45) is 0 Å². The van der Waals surface area contributed by atoms with Gasteiger partial charge in [0, 0.05) is 11.6 Å². The molecule has 118 valence electrons. The molecule has 1 spiro atoms. The first-order valence-corrected chi connectivity index (χ1v) is 7.97. The van der Waals surface area contributed by atoms with Crippen LogP contribution in [-0.4, -0.2) is 53.4 Å². The van der Waals surface area contributed by atoms with Gasteiger partial charge in [-0.25, -0.2) is 0 Å². The minimum Gasteiger partial charge on any atom is -0.480 e. The number of ether oxygens (including phenoxy) is 1. The maximum absolute atomic E-state index is 12.5. The molecule has 23 heavy (non-hydrogen) atoms. The van der Waals surface area contributed by atoms with Crippen molar-refractivity contribution in [3.05, 3.63) is 41.0 Å². The smallest absolute Gasteiger partial charge is 0.196 e. The van der Waals surface area contributed by atoms with Gasteiger partial charge in [0.15, 0.2) is 18.2 Å². The highest BCUT2D eigenvalue weighted by Crippen LogP contribution is 2.62. The summed E-state index contributed by atoms with van der Waals surface area (Å²) in [5, 5.41) is 11.6. The first-order valence-electron chi connectivity index (χ1n) is 7.97. The molecule has 1 N–H and O–H groups in total. The highest BCUT2D eigenvalue weighted by molar-refractivity contribution is 5.99. The van der Waals surface area contributed by atoms with Gasteiger partial charge in [-0.15, -0.1) is 0 Å². The van der Waals surface area contributed by atoms with Crippen molar-refractivity contribution in [1.29, 1.82) is 0 Å². The van der Waals surface area contributed by atoms with E-state index < -0.39 is 17.1 Å². The molecule has 5 nitrogen and oxygen atoms in total. The minimum absolute atomic E-state index is 0.0905. The molecule has 0 unspecified atom stereocenters. The van der Waals surface area contributed by atoms with E-state index in [1.54, 1.807) is 12.1 Å². The number of piperidine rings is 1. The number of carbonyl (C=O) groups is 2. The Balaban J connectivity index is 1.90. The van der Waals surface area contributed by atoms with Crippen molar-refractivity contribution in [2.45, 2.75) is 36.0 Å².